The van der Waals surface area contributed by atoms with Gasteiger partial charge in [0.2, 0.25) is 0 Å². The van der Waals surface area contributed by atoms with Crippen molar-refractivity contribution in [3.63, 3.8) is 0 Å². The first-order valence-corrected chi connectivity index (χ1v) is 5.58. The molecule has 3 unspecified atom stereocenters. The Balaban J connectivity index is 2.55. The number of hydrogen-bond acceptors (Lipinski definition) is 1. The molecule has 0 aliphatic heterocycles. The standard InChI is InChI=1S/C12H22O/c1-4-10(2)7-12(9-13)6-5-11(3)8-12/h9-11H,4-8H2,1-3H3. The Bertz CT molecular complexity index is 176. The second kappa shape index (κ2) is 4.26. The van der Waals surface area contributed by atoms with Crippen LogP contribution in [0, 0.1) is 17.3 Å². The van der Waals surface area contributed by atoms with Crippen LogP contribution in [0.2, 0.25) is 0 Å². The first kappa shape index (κ1) is 10.7. The molecule has 0 aromatic carbocycles. The smallest absolute Gasteiger partial charge is 0.126 e. The van der Waals surface area contributed by atoms with Crippen molar-refractivity contribution in [3.8, 4) is 0 Å². The maximum Gasteiger partial charge on any atom is 0.126 e. The molecule has 13 heavy (non-hydrogen) atoms. The zero-order chi connectivity index (χ0) is 9.90. The summed E-state index contributed by atoms with van der Waals surface area (Å²) in [5, 5.41) is 0. The Morgan fingerprint density at radius 3 is 2.69 bits per heavy atom. The average Bonchev–Trinajstić information content (AvgIpc) is 2.48. The van der Waals surface area contributed by atoms with E-state index in [4.69, 9.17) is 0 Å². The Morgan fingerprint density at radius 2 is 2.31 bits per heavy atom. The molecule has 0 spiro atoms. The molecule has 0 amide bonds. The lowest BCUT2D eigenvalue weighted by molar-refractivity contribution is -0.117. The molecule has 3 atom stereocenters. The molecule has 1 aliphatic rings. The van der Waals surface area contributed by atoms with Gasteiger partial charge in [-0.25, -0.2) is 0 Å². The van der Waals surface area contributed by atoms with Crippen molar-refractivity contribution in [3.05, 3.63) is 0 Å². The van der Waals surface area contributed by atoms with Gasteiger partial charge < -0.3 is 4.79 Å². The number of carbonyl (C=O) groups is 1. The van der Waals surface area contributed by atoms with Crippen LogP contribution in [0.5, 0.6) is 0 Å². The van der Waals surface area contributed by atoms with Gasteiger partial charge in [0.05, 0.1) is 0 Å². The van der Waals surface area contributed by atoms with Gasteiger partial charge in [-0.1, -0.05) is 27.2 Å². The van der Waals surface area contributed by atoms with Crippen molar-refractivity contribution < 1.29 is 4.79 Å². The Morgan fingerprint density at radius 1 is 1.62 bits per heavy atom. The zero-order valence-corrected chi connectivity index (χ0v) is 9.18. The van der Waals surface area contributed by atoms with Gasteiger partial charge in [0, 0.05) is 5.41 Å². The van der Waals surface area contributed by atoms with Crippen LogP contribution in [0.3, 0.4) is 0 Å². The molecule has 0 radical (unpaired) electrons. The fraction of sp³-hybridized carbons (Fsp3) is 0.917. The summed E-state index contributed by atoms with van der Waals surface area (Å²) >= 11 is 0. The third-order valence-corrected chi connectivity index (χ3v) is 3.59. The lowest BCUT2D eigenvalue weighted by Gasteiger charge is -2.25. The van der Waals surface area contributed by atoms with Gasteiger partial charge in [-0.15, -0.1) is 0 Å². The van der Waals surface area contributed by atoms with Crippen molar-refractivity contribution in [2.24, 2.45) is 17.3 Å². The SMILES string of the molecule is CCC(C)CC1(C=O)CCC(C)C1. The number of hydrogen-bond donors (Lipinski definition) is 0. The van der Waals surface area contributed by atoms with E-state index in [-0.39, 0.29) is 5.41 Å². The van der Waals surface area contributed by atoms with E-state index in [1.54, 1.807) is 0 Å². The first-order chi connectivity index (χ1) is 6.12. The summed E-state index contributed by atoms with van der Waals surface area (Å²) in [5.41, 5.74) is 0.0504. The van der Waals surface area contributed by atoms with Crippen LogP contribution >= 0.6 is 0 Å². The zero-order valence-electron chi connectivity index (χ0n) is 9.18. The van der Waals surface area contributed by atoms with E-state index in [0.717, 1.165) is 25.2 Å². The molecule has 1 fully saturated rings. The van der Waals surface area contributed by atoms with E-state index >= 15 is 0 Å². The summed E-state index contributed by atoms with van der Waals surface area (Å²) in [5.74, 6) is 1.46. The lowest BCUT2D eigenvalue weighted by Crippen LogP contribution is -2.21. The third kappa shape index (κ3) is 2.55. The van der Waals surface area contributed by atoms with Gasteiger partial charge in [0.1, 0.15) is 6.29 Å². The van der Waals surface area contributed by atoms with E-state index < -0.39 is 0 Å². The number of aldehydes is 1. The molecule has 0 aromatic heterocycles. The highest BCUT2D eigenvalue weighted by Gasteiger charge is 2.37. The normalized spacial score (nSPS) is 36.1. The minimum Gasteiger partial charge on any atom is -0.303 e. The molecule has 1 rings (SSSR count). The van der Waals surface area contributed by atoms with Crippen LogP contribution in [-0.4, -0.2) is 6.29 Å². The van der Waals surface area contributed by atoms with Gasteiger partial charge in [-0.2, -0.15) is 0 Å². The van der Waals surface area contributed by atoms with E-state index in [2.05, 4.69) is 20.8 Å². The molecule has 0 saturated heterocycles. The van der Waals surface area contributed by atoms with Crippen molar-refractivity contribution in [2.45, 2.75) is 52.9 Å². The summed E-state index contributed by atoms with van der Waals surface area (Å²) in [6.45, 7) is 6.73. The van der Waals surface area contributed by atoms with E-state index in [0.29, 0.717) is 5.92 Å². The fourth-order valence-electron chi connectivity index (χ4n) is 2.61. The van der Waals surface area contributed by atoms with Crippen LogP contribution in [-0.2, 0) is 4.79 Å². The van der Waals surface area contributed by atoms with Gasteiger partial charge in [0.15, 0.2) is 0 Å². The predicted molar refractivity (Wildman–Crippen MR) is 55.6 cm³/mol. The van der Waals surface area contributed by atoms with Crippen molar-refractivity contribution in [1.82, 2.24) is 0 Å². The summed E-state index contributed by atoms with van der Waals surface area (Å²) < 4.78 is 0. The molecule has 0 heterocycles. The summed E-state index contributed by atoms with van der Waals surface area (Å²) in [6, 6.07) is 0. The monoisotopic (exact) mass is 182 g/mol. The number of carbonyl (C=O) groups excluding carboxylic acids is 1. The molecule has 1 heteroatoms. The quantitative estimate of drug-likeness (QED) is 0.609. The van der Waals surface area contributed by atoms with Crippen LogP contribution in [0.1, 0.15) is 52.9 Å². The summed E-state index contributed by atoms with van der Waals surface area (Å²) in [6.07, 6.45) is 7.04. The molecular formula is C12H22O. The Labute approximate surface area is 81.9 Å². The Kier molecular flexibility index (Phi) is 3.52. The summed E-state index contributed by atoms with van der Waals surface area (Å²) in [7, 11) is 0. The molecule has 1 nitrogen and oxygen atoms in total. The molecule has 76 valence electrons. The third-order valence-electron chi connectivity index (χ3n) is 3.59. The van der Waals surface area contributed by atoms with Crippen LogP contribution in [0.15, 0.2) is 0 Å². The van der Waals surface area contributed by atoms with Crippen LogP contribution < -0.4 is 0 Å². The second-order valence-electron chi connectivity index (χ2n) is 5.05. The topological polar surface area (TPSA) is 17.1 Å². The van der Waals surface area contributed by atoms with Gasteiger partial charge >= 0.3 is 0 Å². The van der Waals surface area contributed by atoms with Gasteiger partial charge in [-0.05, 0) is 37.5 Å². The predicted octanol–water partition coefficient (Wildman–Crippen LogP) is 3.43. The maximum absolute atomic E-state index is 11.1. The average molecular weight is 182 g/mol. The Hall–Kier alpha value is -0.330. The van der Waals surface area contributed by atoms with Gasteiger partial charge in [-0.3, -0.25) is 0 Å². The fourth-order valence-corrected chi connectivity index (χ4v) is 2.61. The molecule has 1 saturated carbocycles. The largest absolute Gasteiger partial charge is 0.303 e. The second-order valence-corrected chi connectivity index (χ2v) is 5.05. The molecule has 0 bridgehead atoms. The highest BCUT2D eigenvalue weighted by atomic mass is 16.1. The first-order valence-electron chi connectivity index (χ1n) is 5.58. The van der Waals surface area contributed by atoms with Crippen molar-refractivity contribution >= 4 is 6.29 Å². The maximum atomic E-state index is 11.1. The number of rotatable bonds is 4. The van der Waals surface area contributed by atoms with E-state index in [1.807, 2.05) is 0 Å². The lowest BCUT2D eigenvalue weighted by atomic mass is 9.78. The van der Waals surface area contributed by atoms with Gasteiger partial charge in [0.25, 0.3) is 0 Å². The van der Waals surface area contributed by atoms with E-state index in [1.165, 1.54) is 19.1 Å². The van der Waals surface area contributed by atoms with Crippen LogP contribution in [0.25, 0.3) is 0 Å². The molecule has 0 aromatic rings. The molecule has 0 N–H and O–H groups in total. The molecule has 1 aliphatic carbocycles. The highest BCUT2D eigenvalue weighted by Crippen LogP contribution is 2.44. The minimum atomic E-state index is 0.0504. The van der Waals surface area contributed by atoms with E-state index in [9.17, 15) is 4.79 Å². The minimum absolute atomic E-state index is 0.0504. The van der Waals surface area contributed by atoms with Crippen LogP contribution in [0.4, 0.5) is 0 Å². The van der Waals surface area contributed by atoms with Crippen molar-refractivity contribution in [1.29, 1.82) is 0 Å². The highest BCUT2D eigenvalue weighted by molar-refractivity contribution is 5.60. The van der Waals surface area contributed by atoms with Crippen molar-refractivity contribution in [2.75, 3.05) is 0 Å². The molecular weight excluding hydrogens is 160 g/mol. The summed E-state index contributed by atoms with van der Waals surface area (Å²) in [4.78, 5) is 11.1.